The fourth-order valence-electron chi connectivity index (χ4n) is 1.61. The third kappa shape index (κ3) is 6.07. The van der Waals surface area contributed by atoms with E-state index in [0.29, 0.717) is 5.69 Å². The number of benzene rings is 2. The lowest BCUT2D eigenvalue weighted by Gasteiger charge is -2.07. The fraction of sp³-hybridized carbons (Fsp3) is 0.125. The van der Waals surface area contributed by atoms with Crippen molar-refractivity contribution in [1.29, 1.82) is 0 Å². The average molecular weight is 427 g/mol. The Labute approximate surface area is 146 Å². The molecular formula is C16H14INO3S. The lowest BCUT2D eigenvalue weighted by molar-refractivity contribution is -0.144. The van der Waals surface area contributed by atoms with Crippen LogP contribution in [-0.2, 0) is 14.3 Å². The van der Waals surface area contributed by atoms with Gasteiger partial charge in [0.2, 0.25) is 0 Å². The molecule has 0 bridgehead atoms. The highest BCUT2D eigenvalue weighted by atomic mass is 127. The molecule has 6 heteroatoms. The number of ether oxygens (including phenoxy) is 1. The lowest BCUT2D eigenvalue weighted by Crippen LogP contribution is -2.21. The largest absolute Gasteiger partial charge is 0.455 e. The smallest absolute Gasteiger partial charge is 0.316 e. The third-order valence-electron chi connectivity index (χ3n) is 2.57. The van der Waals surface area contributed by atoms with Gasteiger partial charge in [-0.25, -0.2) is 0 Å². The van der Waals surface area contributed by atoms with Gasteiger partial charge in [0.05, 0.1) is 5.75 Å². The number of carbonyl (C=O) groups is 2. The molecule has 0 radical (unpaired) electrons. The summed E-state index contributed by atoms with van der Waals surface area (Å²) in [5.74, 6) is -0.577. The molecule has 22 heavy (non-hydrogen) atoms. The van der Waals surface area contributed by atoms with Crippen LogP contribution in [0.3, 0.4) is 0 Å². The second-order valence-corrected chi connectivity index (χ2v) is 6.62. The quantitative estimate of drug-likeness (QED) is 0.435. The number of halogens is 1. The van der Waals surface area contributed by atoms with Gasteiger partial charge in [-0.2, -0.15) is 0 Å². The molecule has 2 aromatic rings. The van der Waals surface area contributed by atoms with Gasteiger partial charge in [0.1, 0.15) is 0 Å². The molecule has 0 fully saturated rings. The Balaban J connectivity index is 1.70. The van der Waals surface area contributed by atoms with Crippen LogP contribution in [0, 0.1) is 3.57 Å². The van der Waals surface area contributed by atoms with Crippen molar-refractivity contribution in [2.24, 2.45) is 0 Å². The molecule has 0 aliphatic heterocycles. The highest BCUT2D eigenvalue weighted by Crippen LogP contribution is 2.17. The van der Waals surface area contributed by atoms with Crippen molar-refractivity contribution in [1.82, 2.24) is 0 Å². The summed E-state index contributed by atoms with van der Waals surface area (Å²) in [6.45, 7) is -0.278. The number of hydrogen-bond acceptors (Lipinski definition) is 4. The molecule has 0 aliphatic carbocycles. The van der Waals surface area contributed by atoms with Crippen LogP contribution in [0.15, 0.2) is 59.5 Å². The Morgan fingerprint density at radius 3 is 2.59 bits per heavy atom. The van der Waals surface area contributed by atoms with Crippen LogP contribution in [0.25, 0.3) is 0 Å². The molecule has 0 atom stereocenters. The average Bonchev–Trinajstić information content (AvgIpc) is 2.52. The molecule has 0 heterocycles. The van der Waals surface area contributed by atoms with E-state index in [0.717, 1.165) is 8.47 Å². The van der Waals surface area contributed by atoms with Gasteiger partial charge in [0.15, 0.2) is 6.61 Å². The number of hydrogen-bond donors (Lipinski definition) is 1. The Morgan fingerprint density at radius 1 is 1.09 bits per heavy atom. The van der Waals surface area contributed by atoms with Crippen molar-refractivity contribution in [3.8, 4) is 0 Å². The standard InChI is InChI=1S/C16H14INO3S/c17-12-5-4-6-13(9-12)18-15(19)10-21-16(20)11-22-14-7-2-1-3-8-14/h1-9H,10-11H2,(H,18,19). The van der Waals surface area contributed by atoms with Crippen LogP contribution in [0.1, 0.15) is 0 Å². The van der Waals surface area contributed by atoms with Gasteiger partial charge < -0.3 is 10.1 Å². The summed E-state index contributed by atoms with van der Waals surface area (Å²) in [5.41, 5.74) is 0.687. The SMILES string of the molecule is O=C(COC(=O)CSc1ccccc1)Nc1cccc(I)c1. The molecule has 0 spiro atoms. The number of amides is 1. The third-order valence-corrected chi connectivity index (χ3v) is 4.23. The predicted molar refractivity (Wildman–Crippen MR) is 95.9 cm³/mol. The van der Waals surface area contributed by atoms with Gasteiger partial charge >= 0.3 is 5.97 Å². The summed E-state index contributed by atoms with van der Waals surface area (Å²) >= 11 is 3.54. The van der Waals surface area contributed by atoms with Gasteiger partial charge in [-0.15, -0.1) is 11.8 Å². The van der Waals surface area contributed by atoms with Gasteiger partial charge in [-0.3, -0.25) is 9.59 Å². The Hall–Kier alpha value is -1.54. The van der Waals surface area contributed by atoms with Crippen molar-refractivity contribution in [2.45, 2.75) is 4.90 Å². The number of thioether (sulfide) groups is 1. The van der Waals surface area contributed by atoms with E-state index in [9.17, 15) is 9.59 Å². The number of carbonyl (C=O) groups excluding carboxylic acids is 2. The second kappa shape index (κ2) is 8.79. The van der Waals surface area contributed by atoms with Gasteiger partial charge in [0.25, 0.3) is 5.91 Å². The van der Waals surface area contributed by atoms with Crippen LogP contribution in [0.5, 0.6) is 0 Å². The first kappa shape index (κ1) is 16.8. The summed E-state index contributed by atoms with van der Waals surface area (Å²) in [7, 11) is 0. The molecule has 2 rings (SSSR count). The van der Waals surface area contributed by atoms with Crippen LogP contribution in [-0.4, -0.2) is 24.2 Å². The Morgan fingerprint density at radius 2 is 1.86 bits per heavy atom. The Bertz CT molecular complexity index is 649. The summed E-state index contributed by atoms with van der Waals surface area (Å²) in [5, 5.41) is 2.68. The molecule has 114 valence electrons. The van der Waals surface area contributed by atoms with Gasteiger partial charge in [-0.05, 0) is 52.9 Å². The van der Waals surface area contributed by atoms with Crippen molar-refractivity contribution < 1.29 is 14.3 Å². The predicted octanol–water partition coefficient (Wildman–Crippen LogP) is 3.57. The van der Waals surface area contributed by atoms with Crippen LogP contribution < -0.4 is 5.32 Å². The zero-order chi connectivity index (χ0) is 15.8. The van der Waals surface area contributed by atoms with Crippen molar-refractivity contribution in [3.63, 3.8) is 0 Å². The lowest BCUT2D eigenvalue weighted by atomic mass is 10.3. The molecule has 0 saturated carbocycles. The molecule has 0 aromatic heterocycles. The minimum absolute atomic E-state index is 0.181. The molecular weight excluding hydrogens is 413 g/mol. The maximum atomic E-state index is 11.7. The molecule has 4 nitrogen and oxygen atoms in total. The summed E-state index contributed by atoms with van der Waals surface area (Å²) in [6, 6.07) is 17.0. The van der Waals surface area contributed by atoms with Gasteiger partial charge in [-0.1, -0.05) is 24.3 Å². The van der Waals surface area contributed by atoms with Gasteiger partial charge in [0, 0.05) is 14.2 Å². The zero-order valence-corrected chi connectivity index (χ0v) is 14.6. The summed E-state index contributed by atoms with van der Waals surface area (Å²) in [4.78, 5) is 24.3. The van der Waals surface area contributed by atoms with E-state index < -0.39 is 5.97 Å². The summed E-state index contributed by atoms with van der Waals surface area (Å²) < 4.78 is 5.97. The zero-order valence-electron chi connectivity index (χ0n) is 11.6. The molecule has 2 aromatic carbocycles. The first-order valence-electron chi connectivity index (χ1n) is 6.52. The Kier molecular flexibility index (Phi) is 6.73. The van der Waals surface area contributed by atoms with Crippen molar-refractivity contribution in [3.05, 3.63) is 58.2 Å². The van der Waals surface area contributed by atoms with E-state index in [2.05, 4.69) is 27.9 Å². The van der Waals surface area contributed by atoms with E-state index in [1.165, 1.54) is 11.8 Å². The number of esters is 1. The van der Waals surface area contributed by atoms with E-state index in [1.54, 1.807) is 6.07 Å². The molecule has 1 amide bonds. The summed E-state index contributed by atoms with van der Waals surface area (Å²) in [6.07, 6.45) is 0. The minimum Gasteiger partial charge on any atom is -0.455 e. The molecule has 1 N–H and O–H groups in total. The van der Waals surface area contributed by atoms with E-state index >= 15 is 0 Å². The maximum Gasteiger partial charge on any atom is 0.316 e. The van der Waals surface area contributed by atoms with Crippen LogP contribution in [0.2, 0.25) is 0 Å². The molecule has 0 aliphatic rings. The second-order valence-electron chi connectivity index (χ2n) is 4.32. The number of rotatable bonds is 6. The normalized spacial score (nSPS) is 10.0. The van der Waals surface area contributed by atoms with Crippen molar-refractivity contribution >= 4 is 51.9 Å². The number of anilines is 1. The minimum atomic E-state index is -0.411. The van der Waals surface area contributed by atoms with Crippen molar-refractivity contribution in [2.75, 3.05) is 17.7 Å². The first-order chi connectivity index (χ1) is 10.6. The van der Waals surface area contributed by atoms with E-state index in [1.807, 2.05) is 48.5 Å². The highest BCUT2D eigenvalue weighted by Gasteiger charge is 2.08. The molecule has 0 unspecified atom stereocenters. The topological polar surface area (TPSA) is 55.4 Å². The van der Waals surface area contributed by atoms with Crippen LogP contribution in [0.4, 0.5) is 5.69 Å². The first-order valence-corrected chi connectivity index (χ1v) is 8.59. The van der Waals surface area contributed by atoms with E-state index in [-0.39, 0.29) is 18.3 Å². The fourth-order valence-corrected chi connectivity index (χ4v) is 2.87. The monoisotopic (exact) mass is 427 g/mol. The number of nitrogens with one attached hydrogen (secondary N) is 1. The maximum absolute atomic E-state index is 11.7. The highest BCUT2D eigenvalue weighted by molar-refractivity contribution is 14.1. The van der Waals surface area contributed by atoms with E-state index in [4.69, 9.17) is 4.74 Å². The van der Waals surface area contributed by atoms with Crippen LogP contribution >= 0.6 is 34.4 Å². The molecule has 0 saturated heterocycles.